The van der Waals surface area contributed by atoms with E-state index in [4.69, 9.17) is 14.2 Å². The van der Waals surface area contributed by atoms with E-state index in [0.29, 0.717) is 19.4 Å². The number of esters is 2. The van der Waals surface area contributed by atoms with Crippen LogP contribution in [0, 0.1) is 0 Å². The zero-order valence-corrected chi connectivity index (χ0v) is 14.4. The Morgan fingerprint density at radius 3 is 2.56 bits per heavy atom. The fourth-order valence-corrected chi connectivity index (χ4v) is 2.65. The first-order valence-corrected chi connectivity index (χ1v) is 8.74. The Morgan fingerprint density at radius 1 is 1.16 bits per heavy atom. The van der Waals surface area contributed by atoms with Crippen molar-refractivity contribution < 1.29 is 28.6 Å². The van der Waals surface area contributed by atoms with E-state index in [0.717, 1.165) is 57.8 Å². The zero-order valence-electron chi connectivity index (χ0n) is 14.4. The van der Waals surface area contributed by atoms with Crippen molar-refractivity contribution in [3.05, 3.63) is 12.2 Å². The van der Waals surface area contributed by atoms with Gasteiger partial charge in [0.05, 0.1) is 25.9 Å². The lowest BCUT2D eigenvalue weighted by Crippen LogP contribution is -2.36. The number of carbonyl (C=O) groups is 3. The summed E-state index contributed by atoms with van der Waals surface area (Å²) in [5.74, 6) is -1.21. The molecule has 1 amide bonds. The van der Waals surface area contributed by atoms with Gasteiger partial charge >= 0.3 is 11.9 Å². The van der Waals surface area contributed by atoms with E-state index < -0.39 is 11.9 Å². The fourth-order valence-electron chi connectivity index (χ4n) is 2.65. The second-order valence-electron chi connectivity index (χ2n) is 6.10. The van der Waals surface area contributed by atoms with Crippen LogP contribution in [0.2, 0.25) is 0 Å². The van der Waals surface area contributed by atoms with E-state index in [9.17, 15) is 14.4 Å². The van der Waals surface area contributed by atoms with Gasteiger partial charge in [-0.15, -0.1) is 0 Å². The number of ether oxygens (including phenoxy) is 3. The van der Waals surface area contributed by atoms with E-state index in [2.05, 4.69) is 10.2 Å². The maximum absolute atomic E-state index is 11.5. The van der Waals surface area contributed by atoms with Crippen LogP contribution in [-0.4, -0.2) is 74.8 Å². The molecule has 0 bridgehead atoms. The highest BCUT2D eigenvalue weighted by Crippen LogP contribution is 2.06. The van der Waals surface area contributed by atoms with E-state index in [1.807, 2.05) is 0 Å². The Morgan fingerprint density at radius 2 is 1.88 bits per heavy atom. The van der Waals surface area contributed by atoms with Gasteiger partial charge in [-0.05, 0) is 25.8 Å². The second-order valence-corrected chi connectivity index (χ2v) is 6.10. The summed E-state index contributed by atoms with van der Waals surface area (Å²) in [6.07, 6.45) is 4.96. The minimum Gasteiger partial charge on any atom is -0.463 e. The van der Waals surface area contributed by atoms with Crippen LogP contribution >= 0.6 is 0 Å². The average molecular weight is 354 g/mol. The largest absolute Gasteiger partial charge is 0.463 e. The summed E-state index contributed by atoms with van der Waals surface area (Å²) in [5.41, 5.74) is 0. The molecule has 1 atom stereocenters. The Labute approximate surface area is 147 Å². The van der Waals surface area contributed by atoms with E-state index in [1.165, 1.54) is 0 Å². The third kappa shape index (κ3) is 8.13. The first-order valence-electron chi connectivity index (χ1n) is 8.74. The minimum absolute atomic E-state index is 0.0335. The summed E-state index contributed by atoms with van der Waals surface area (Å²) in [6, 6.07) is -0.136. The van der Waals surface area contributed by atoms with Crippen LogP contribution < -0.4 is 5.32 Å². The Kier molecular flexibility index (Phi) is 8.41. The molecule has 0 radical (unpaired) electrons. The van der Waals surface area contributed by atoms with Gasteiger partial charge in [-0.2, -0.15) is 0 Å². The fraction of sp³-hybridized carbons (Fsp3) is 0.706. The highest BCUT2D eigenvalue weighted by atomic mass is 16.5. The molecule has 0 aromatic carbocycles. The number of amides is 1. The number of rotatable bonds is 9. The zero-order chi connectivity index (χ0) is 17.9. The molecule has 2 aliphatic rings. The lowest BCUT2D eigenvalue weighted by Gasteiger charge is -2.26. The molecule has 1 unspecified atom stereocenters. The van der Waals surface area contributed by atoms with Crippen molar-refractivity contribution in [3.8, 4) is 0 Å². The highest BCUT2D eigenvalue weighted by molar-refractivity contribution is 5.91. The molecule has 25 heavy (non-hydrogen) atoms. The molecule has 8 heteroatoms. The van der Waals surface area contributed by atoms with Crippen LogP contribution in [0.15, 0.2) is 12.2 Å². The van der Waals surface area contributed by atoms with Gasteiger partial charge in [-0.25, -0.2) is 9.59 Å². The van der Waals surface area contributed by atoms with Crippen molar-refractivity contribution in [1.29, 1.82) is 0 Å². The third-order valence-corrected chi connectivity index (χ3v) is 4.08. The van der Waals surface area contributed by atoms with Gasteiger partial charge in [-0.1, -0.05) is 0 Å². The van der Waals surface area contributed by atoms with Crippen molar-refractivity contribution in [2.75, 3.05) is 46.1 Å². The molecule has 140 valence electrons. The van der Waals surface area contributed by atoms with Crippen molar-refractivity contribution in [2.45, 2.75) is 31.7 Å². The summed E-state index contributed by atoms with van der Waals surface area (Å²) in [4.78, 5) is 36.3. The Hall–Kier alpha value is -1.93. The maximum Gasteiger partial charge on any atom is 0.331 e. The number of morpholine rings is 1. The Balaban J connectivity index is 1.48. The van der Waals surface area contributed by atoms with Gasteiger partial charge < -0.3 is 19.5 Å². The lowest BCUT2D eigenvalue weighted by atomic mass is 10.2. The molecule has 2 heterocycles. The molecule has 2 fully saturated rings. The molecule has 0 spiro atoms. The first kappa shape index (κ1) is 19.4. The second kappa shape index (κ2) is 10.8. The summed E-state index contributed by atoms with van der Waals surface area (Å²) < 4.78 is 15.3. The SMILES string of the molecule is O=C1CCC(COC(=O)/C=C/C(=O)OCCCCN2CCOCC2)N1. The van der Waals surface area contributed by atoms with Crippen molar-refractivity contribution in [3.63, 3.8) is 0 Å². The first-order chi connectivity index (χ1) is 12.1. The van der Waals surface area contributed by atoms with E-state index in [1.54, 1.807) is 0 Å². The molecule has 2 aliphatic heterocycles. The maximum atomic E-state index is 11.5. The van der Waals surface area contributed by atoms with Crippen LogP contribution in [0.5, 0.6) is 0 Å². The number of nitrogens with zero attached hydrogens (tertiary/aromatic N) is 1. The molecule has 0 aromatic heterocycles. The van der Waals surface area contributed by atoms with Crippen LogP contribution in [0.25, 0.3) is 0 Å². The number of hydrogen-bond acceptors (Lipinski definition) is 7. The monoisotopic (exact) mass is 354 g/mol. The molecule has 2 saturated heterocycles. The quantitative estimate of drug-likeness (QED) is 0.354. The standard InChI is InChI=1S/C17H26N2O6/c20-15-4-3-14(18-15)13-25-17(22)6-5-16(21)24-10-2-1-7-19-8-11-23-12-9-19/h5-6,14H,1-4,7-13H2,(H,18,20)/b6-5+. The number of nitrogens with one attached hydrogen (secondary N) is 1. The van der Waals surface area contributed by atoms with Crippen molar-refractivity contribution in [1.82, 2.24) is 10.2 Å². The normalized spacial score (nSPS) is 21.3. The van der Waals surface area contributed by atoms with E-state index in [-0.39, 0.29) is 18.6 Å². The Bertz CT molecular complexity index is 488. The summed E-state index contributed by atoms with van der Waals surface area (Å²) in [5, 5.41) is 2.70. The highest BCUT2D eigenvalue weighted by Gasteiger charge is 2.21. The van der Waals surface area contributed by atoms with Gasteiger partial charge in [0.1, 0.15) is 6.61 Å². The molecule has 2 rings (SSSR count). The third-order valence-electron chi connectivity index (χ3n) is 4.08. The predicted octanol–water partition coefficient (Wildman–Crippen LogP) is 0.0200. The molecular formula is C17H26N2O6. The molecule has 1 N–H and O–H groups in total. The van der Waals surface area contributed by atoms with Gasteiger partial charge in [0.2, 0.25) is 5.91 Å². The summed E-state index contributed by atoms with van der Waals surface area (Å²) in [7, 11) is 0. The van der Waals surface area contributed by atoms with E-state index >= 15 is 0 Å². The van der Waals surface area contributed by atoms with Crippen LogP contribution in [0.1, 0.15) is 25.7 Å². The predicted molar refractivity (Wildman–Crippen MR) is 88.7 cm³/mol. The topological polar surface area (TPSA) is 94.2 Å². The summed E-state index contributed by atoms with van der Waals surface area (Å²) in [6.45, 7) is 4.89. The molecule has 0 aliphatic carbocycles. The van der Waals surface area contributed by atoms with Gasteiger partial charge in [-0.3, -0.25) is 9.69 Å². The van der Waals surface area contributed by atoms with Crippen molar-refractivity contribution in [2.24, 2.45) is 0 Å². The van der Waals surface area contributed by atoms with Gasteiger partial charge in [0.25, 0.3) is 0 Å². The van der Waals surface area contributed by atoms with Crippen LogP contribution in [-0.2, 0) is 28.6 Å². The molecular weight excluding hydrogens is 328 g/mol. The lowest BCUT2D eigenvalue weighted by molar-refractivity contribution is -0.141. The molecule has 0 saturated carbocycles. The van der Waals surface area contributed by atoms with Gasteiger partial charge in [0, 0.05) is 31.7 Å². The number of hydrogen-bond donors (Lipinski definition) is 1. The average Bonchev–Trinajstić information content (AvgIpc) is 3.04. The molecule has 8 nitrogen and oxygen atoms in total. The van der Waals surface area contributed by atoms with Crippen molar-refractivity contribution >= 4 is 17.8 Å². The molecule has 0 aromatic rings. The van der Waals surface area contributed by atoms with Crippen LogP contribution in [0.4, 0.5) is 0 Å². The minimum atomic E-state index is -0.620. The number of carbonyl (C=O) groups excluding carboxylic acids is 3. The van der Waals surface area contributed by atoms with Crippen LogP contribution in [0.3, 0.4) is 0 Å². The number of unbranched alkanes of at least 4 members (excludes halogenated alkanes) is 1. The van der Waals surface area contributed by atoms with Gasteiger partial charge in [0.15, 0.2) is 0 Å². The smallest absolute Gasteiger partial charge is 0.331 e. The summed E-state index contributed by atoms with van der Waals surface area (Å²) >= 11 is 0.